The molecule has 0 radical (unpaired) electrons. The average molecular weight is 422 g/mol. The lowest BCUT2D eigenvalue weighted by atomic mass is 10.1. The van der Waals surface area contributed by atoms with Crippen LogP contribution in [-0.2, 0) is 23.1 Å². The molecule has 0 fully saturated rings. The molecule has 0 amide bonds. The molecule has 0 aliphatic heterocycles. The lowest BCUT2D eigenvalue weighted by Crippen LogP contribution is -2.24. The number of methoxy groups -OCH3 is 1. The van der Waals surface area contributed by atoms with Crippen molar-refractivity contribution in [1.82, 2.24) is 9.29 Å². The first-order valence-corrected chi connectivity index (χ1v) is 11.3. The van der Waals surface area contributed by atoms with Gasteiger partial charge < -0.3 is 9.30 Å². The van der Waals surface area contributed by atoms with E-state index in [-0.39, 0.29) is 12.3 Å². The Morgan fingerprint density at radius 2 is 1.83 bits per heavy atom. The van der Waals surface area contributed by atoms with Crippen molar-refractivity contribution in [3.8, 4) is 23.7 Å². The highest BCUT2D eigenvalue weighted by molar-refractivity contribution is 7.89. The lowest BCUT2D eigenvalue weighted by molar-refractivity contribution is 0.415. The van der Waals surface area contributed by atoms with Crippen molar-refractivity contribution in [2.45, 2.75) is 26.9 Å². The van der Waals surface area contributed by atoms with E-state index in [9.17, 15) is 13.7 Å². The minimum Gasteiger partial charge on any atom is -0.497 e. The fourth-order valence-electron chi connectivity index (χ4n) is 3.16. The van der Waals surface area contributed by atoms with E-state index in [2.05, 4.69) is 22.6 Å². The van der Waals surface area contributed by atoms with Gasteiger partial charge in [-0.05, 0) is 49.6 Å². The van der Waals surface area contributed by atoms with Crippen LogP contribution < -0.4 is 9.46 Å². The third-order valence-corrected chi connectivity index (χ3v) is 6.20. The van der Waals surface area contributed by atoms with Crippen LogP contribution in [0.15, 0.2) is 42.5 Å². The van der Waals surface area contributed by atoms with Crippen molar-refractivity contribution in [3.05, 3.63) is 64.8 Å². The first-order chi connectivity index (χ1) is 14.4. The summed E-state index contributed by atoms with van der Waals surface area (Å²) in [6, 6.07) is 15.3. The Bertz CT molecular complexity index is 1270. The number of hydrogen-bond donors (Lipinski definition) is 1. The standard InChI is InChI=1S/C23H23N3O3S/c1-4-26-22(21(15-24)20-12-11-19(29-3)14-23(20)26)13-10-17-6-8-18(9-7-17)16-25-30(27,28)5-2/h6-9,11-12,14,25H,4-5,16H2,1-3H3. The molecule has 3 rings (SSSR count). The SMILES string of the molecule is CCn1c(C#Cc2ccc(CNS(=O)(=O)CC)cc2)c(C#N)c2ccc(OC)cc21. The molecule has 1 aromatic heterocycles. The highest BCUT2D eigenvalue weighted by atomic mass is 32.2. The number of aryl methyl sites for hydroxylation is 1. The van der Waals surface area contributed by atoms with Gasteiger partial charge in [0.1, 0.15) is 17.5 Å². The Hall–Kier alpha value is -3.26. The van der Waals surface area contributed by atoms with E-state index >= 15 is 0 Å². The normalized spacial score (nSPS) is 11.0. The Balaban J connectivity index is 1.93. The maximum absolute atomic E-state index is 11.6. The molecule has 0 unspecified atom stereocenters. The van der Waals surface area contributed by atoms with Gasteiger partial charge in [-0.15, -0.1) is 0 Å². The third kappa shape index (κ3) is 4.49. The minimum absolute atomic E-state index is 0.0507. The molecule has 2 aromatic carbocycles. The second-order valence-corrected chi connectivity index (χ2v) is 8.73. The number of benzene rings is 2. The summed E-state index contributed by atoms with van der Waals surface area (Å²) in [5.41, 5.74) is 3.77. The molecule has 0 bridgehead atoms. The van der Waals surface area contributed by atoms with Crippen molar-refractivity contribution < 1.29 is 13.2 Å². The second kappa shape index (κ2) is 9.04. The van der Waals surface area contributed by atoms with Crippen LogP contribution in [0, 0.1) is 23.2 Å². The Labute approximate surface area is 177 Å². The first kappa shape index (κ1) is 21.4. The molecular weight excluding hydrogens is 398 g/mol. The molecule has 6 nitrogen and oxygen atoms in total. The second-order valence-electron chi connectivity index (χ2n) is 6.63. The Morgan fingerprint density at radius 1 is 1.10 bits per heavy atom. The smallest absolute Gasteiger partial charge is 0.211 e. The van der Waals surface area contributed by atoms with E-state index in [0.717, 1.165) is 27.8 Å². The predicted molar refractivity (Wildman–Crippen MR) is 118 cm³/mol. The highest BCUT2D eigenvalue weighted by Gasteiger charge is 2.15. The molecule has 0 spiro atoms. The zero-order valence-corrected chi connectivity index (χ0v) is 18.0. The van der Waals surface area contributed by atoms with Crippen LogP contribution in [0.1, 0.15) is 36.2 Å². The van der Waals surface area contributed by atoms with Crippen molar-refractivity contribution in [1.29, 1.82) is 5.26 Å². The van der Waals surface area contributed by atoms with Gasteiger partial charge in [0.05, 0.1) is 23.9 Å². The number of fused-ring (bicyclic) bond motifs is 1. The van der Waals surface area contributed by atoms with Gasteiger partial charge in [-0.2, -0.15) is 5.26 Å². The number of ether oxygens (including phenoxy) is 1. The van der Waals surface area contributed by atoms with Crippen molar-refractivity contribution >= 4 is 20.9 Å². The summed E-state index contributed by atoms with van der Waals surface area (Å²) in [4.78, 5) is 0. The molecule has 0 saturated carbocycles. The number of nitrogens with one attached hydrogen (secondary N) is 1. The molecule has 3 aromatic rings. The van der Waals surface area contributed by atoms with Gasteiger partial charge in [0, 0.05) is 30.1 Å². The van der Waals surface area contributed by atoms with E-state index in [4.69, 9.17) is 4.74 Å². The van der Waals surface area contributed by atoms with Crippen molar-refractivity contribution in [2.24, 2.45) is 0 Å². The maximum Gasteiger partial charge on any atom is 0.211 e. The van der Waals surface area contributed by atoms with Crippen LogP contribution in [0.25, 0.3) is 10.9 Å². The summed E-state index contributed by atoms with van der Waals surface area (Å²) < 4.78 is 33.0. The number of rotatable bonds is 6. The van der Waals surface area contributed by atoms with Crippen LogP contribution >= 0.6 is 0 Å². The van der Waals surface area contributed by atoms with Crippen LogP contribution in [-0.4, -0.2) is 25.8 Å². The fourth-order valence-corrected chi connectivity index (χ4v) is 3.75. The van der Waals surface area contributed by atoms with Crippen LogP contribution in [0.2, 0.25) is 0 Å². The van der Waals surface area contributed by atoms with Gasteiger partial charge >= 0.3 is 0 Å². The summed E-state index contributed by atoms with van der Waals surface area (Å²) in [6.45, 7) is 4.53. The summed E-state index contributed by atoms with van der Waals surface area (Å²) in [5.74, 6) is 7.05. The quantitative estimate of drug-likeness (QED) is 0.619. The summed E-state index contributed by atoms with van der Waals surface area (Å²) >= 11 is 0. The molecule has 1 heterocycles. The van der Waals surface area contributed by atoms with Crippen LogP contribution in [0.5, 0.6) is 5.75 Å². The van der Waals surface area contributed by atoms with Gasteiger partial charge in [0.25, 0.3) is 0 Å². The van der Waals surface area contributed by atoms with Gasteiger partial charge in [-0.3, -0.25) is 0 Å². The van der Waals surface area contributed by atoms with Crippen LogP contribution in [0.4, 0.5) is 0 Å². The summed E-state index contributed by atoms with van der Waals surface area (Å²) in [5, 5.41) is 10.6. The van der Waals surface area contributed by atoms with E-state index in [0.29, 0.717) is 17.8 Å². The zero-order valence-electron chi connectivity index (χ0n) is 17.2. The maximum atomic E-state index is 11.6. The molecule has 1 N–H and O–H groups in total. The summed E-state index contributed by atoms with van der Waals surface area (Å²) in [6.07, 6.45) is 0. The van der Waals surface area contributed by atoms with Gasteiger partial charge in [0.15, 0.2) is 0 Å². The number of nitriles is 1. The number of aromatic nitrogens is 1. The number of sulfonamides is 1. The minimum atomic E-state index is -3.23. The Morgan fingerprint density at radius 3 is 2.43 bits per heavy atom. The third-order valence-electron chi connectivity index (χ3n) is 4.86. The molecule has 0 saturated heterocycles. The van der Waals surface area contributed by atoms with Crippen molar-refractivity contribution in [2.75, 3.05) is 12.9 Å². The number of nitrogens with zero attached hydrogens (tertiary/aromatic N) is 2. The van der Waals surface area contributed by atoms with Gasteiger partial charge in [-0.25, -0.2) is 13.1 Å². The molecule has 0 aliphatic carbocycles. The van der Waals surface area contributed by atoms with E-state index in [1.165, 1.54) is 0 Å². The monoisotopic (exact) mass is 421 g/mol. The predicted octanol–water partition coefficient (Wildman–Crippen LogP) is 3.38. The molecule has 0 atom stereocenters. The Kier molecular flexibility index (Phi) is 6.47. The van der Waals surface area contributed by atoms with Crippen LogP contribution in [0.3, 0.4) is 0 Å². The van der Waals surface area contributed by atoms with Gasteiger partial charge in [-0.1, -0.05) is 18.1 Å². The van der Waals surface area contributed by atoms with E-state index in [1.54, 1.807) is 14.0 Å². The largest absolute Gasteiger partial charge is 0.497 e. The topological polar surface area (TPSA) is 84.1 Å². The fraction of sp³-hybridized carbons (Fsp3) is 0.261. The average Bonchev–Trinajstić information content (AvgIpc) is 3.08. The van der Waals surface area contributed by atoms with E-state index in [1.807, 2.05) is 54.0 Å². The first-order valence-electron chi connectivity index (χ1n) is 9.61. The molecule has 154 valence electrons. The van der Waals surface area contributed by atoms with Crippen molar-refractivity contribution in [3.63, 3.8) is 0 Å². The highest BCUT2D eigenvalue weighted by Crippen LogP contribution is 2.28. The molecule has 7 heteroatoms. The summed E-state index contributed by atoms with van der Waals surface area (Å²) in [7, 11) is -1.61. The zero-order chi connectivity index (χ0) is 21.7. The van der Waals surface area contributed by atoms with E-state index < -0.39 is 10.0 Å². The molecular formula is C23H23N3O3S. The lowest BCUT2D eigenvalue weighted by Gasteiger charge is -2.05. The van der Waals surface area contributed by atoms with Gasteiger partial charge in [0.2, 0.25) is 10.0 Å². The molecule has 0 aliphatic rings. The molecule has 30 heavy (non-hydrogen) atoms. The number of hydrogen-bond acceptors (Lipinski definition) is 4.